The Balaban J connectivity index is 3.09. The van der Waals surface area contributed by atoms with Crippen LogP contribution in [0.2, 0.25) is 0 Å². The molecule has 18 heavy (non-hydrogen) atoms. The number of carbonyl (C=O) groups excluding carboxylic acids is 1. The lowest BCUT2D eigenvalue weighted by Crippen LogP contribution is -2.37. The van der Waals surface area contributed by atoms with Crippen molar-refractivity contribution >= 4 is 37.5 Å². The van der Waals surface area contributed by atoms with Gasteiger partial charge in [0.2, 0.25) is 15.9 Å². The van der Waals surface area contributed by atoms with Crippen LogP contribution >= 0.6 is 15.9 Å². The summed E-state index contributed by atoms with van der Waals surface area (Å²) in [5.41, 5.74) is 5.80. The van der Waals surface area contributed by atoms with Gasteiger partial charge in [-0.25, -0.2) is 8.42 Å². The molecule has 0 aliphatic rings. The molecule has 0 fully saturated rings. The molecule has 0 aliphatic carbocycles. The van der Waals surface area contributed by atoms with Gasteiger partial charge in [0.1, 0.15) is 4.90 Å². The van der Waals surface area contributed by atoms with Crippen molar-refractivity contribution in [2.45, 2.75) is 4.90 Å². The Morgan fingerprint density at radius 1 is 1.50 bits per heavy atom. The fraction of sp³-hybridized carbons (Fsp3) is 0.300. The first-order valence-corrected chi connectivity index (χ1v) is 7.24. The fourth-order valence-electron chi connectivity index (χ4n) is 1.29. The molecule has 1 amide bonds. The predicted molar refractivity (Wildman–Crippen MR) is 72.4 cm³/mol. The third-order valence-electron chi connectivity index (χ3n) is 2.31. The van der Waals surface area contributed by atoms with Gasteiger partial charge in [-0.15, -0.1) is 0 Å². The van der Waals surface area contributed by atoms with Crippen LogP contribution in [0.5, 0.6) is 0 Å². The Bertz CT molecular complexity index is 559. The van der Waals surface area contributed by atoms with Gasteiger partial charge in [0.15, 0.2) is 0 Å². The van der Waals surface area contributed by atoms with Crippen molar-refractivity contribution in [1.29, 1.82) is 0 Å². The van der Waals surface area contributed by atoms with E-state index in [4.69, 9.17) is 5.73 Å². The van der Waals surface area contributed by atoms with Crippen molar-refractivity contribution in [1.82, 2.24) is 9.62 Å². The SMILES string of the molecule is CNC(=O)CN(C)S(=O)(=O)c1ccc(Br)cc1N. The minimum Gasteiger partial charge on any atom is -0.398 e. The van der Waals surface area contributed by atoms with Gasteiger partial charge in [0, 0.05) is 18.6 Å². The lowest BCUT2D eigenvalue weighted by molar-refractivity contribution is -0.120. The van der Waals surface area contributed by atoms with Gasteiger partial charge < -0.3 is 11.1 Å². The molecule has 3 N–H and O–H groups in total. The molecule has 6 nitrogen and oxygen atoms in total. The molecule has 1 rings (SSSR count). The molecule has 0 saturated carbocycles. The highest BCUT2D eigenvalue weighted by Crippen LogP contribution is 2.24. The number of likely N-dealkylation sites (N-methyl/N-ethyl adjacent to an activating group) is 2. The number of nitrogens with two attached hydrogens (primary N) is 1. The van der Waals surface area contributed by atoms with Crippen molar-refractivity contribution < 1.29 is 13.2 Å². The molecule has 0 unspecified atom stereocenters. The van der Waals surface area contributed by atoms with Crippen LogP contribution in [-0.2, 0) is 14.8 Å². The summed E-state index contributed by atoms with van der Waals surface area (Å²) in [4.78, 5) is 11.2. The number of hydrogen-bond donors (Lipinski definition) is 2. The third kappa shape index (κ3) is 3.21. The normalized spacial score (nSPS) is 11.6. The zero-order valence-corrected chi connectivity index (χ0v) is 12.4. The van der Waals surface area contributed by atoms with E-state index in [0.717, 1.165) is 4.31 Å². The zero-order chi connectivity index (χ0) is 13.9. The Labute approximate surface area is 114 Å². The van der Waals surface area contributed by atoms with Crippen LogP contribution in [0.1, 0.15) is 0 Å². The molecule has 0 aromatic heterocycles. The first kappa shape index (κ1) is 14.9. The van der Waals surface area contributed by atoms with E-state index in [9.17, 15) is 13.2 Å². The number of rotatable bonds is 4. The molecular weight excluding hydrogens is 322 g/mol. The molecule has 100 valence electrons. The Kier molecular flexibility index (Phi) is 4.71. The maximum absolute atomic E-state index is 12.2. The average Bonchev–Trinajstić information content (AvgIpc) is 2.28. The molecule has 0 heterocycles. The van der Waals surface area contributed by atoms with Crippen LogP contribution in [-0.4, -0.2) is 39.3 Å². The zero-order valence-electron chi connectivity index (χ0n) is 9.97. The van der Waals surface area contributed by atoms with E-state index in [1.165, 1.54) is 26.2 Å². The number of halogens is 1. The van der Waals surface area contributed by atoms with Crippen LogP contribution in [0, 0.1) is 0 Å². The molecule has 1 aromatic rings. The number of nitrogen functional groups attached to an aromatic ring is 1. The highest BCUT2D eigenvalue weighted by atomic mass is 79.9. The van der Waals surface area contributed by atoms with Crippen LogP contribution in [0.4, 0.5) is 5.69 Å². The van der Waals surface area contributed by atoms with Gasteiger partial charge in [-0.05, 0) is 18.2 Å². The van der Waals surface area contributed by atoms with Gasteiger partial charge >= 0.3 is 0 Å². The Hall–Kier alpha value is -1.12. The average molecular weight is 336 g/mol. The predicted octanol–water partition coefficient (Wildman–Crippen LogP) is 0.398. The number of amides is 1. The summed E-state index contributed by atoms with van der Waals surface area (Å²) < 4.78 is 26.0. The van der Waals surface area contributed by atoms with Gasteiger partial charge in [-0.1, -0.05) is 15.9 Å². The van der Waals surface area contributed by atoms with E-state index < -0.39 is 15.9 Å². The van der Waals surface area contributed by atoms with Gasteiger partial charge in [0.25, 0.3) is 0 Å². The second kappa shape index (κ2) is 5.68. The topological polar surface area (TPSA) is 92.5 Å². The largest absolute Gasteiger partial charge is 0.398 e. The summed E-state index contributed by atoms with van der Waals surface area (Å²) in [6.07, 6.45) is 0. The molecule has 0 aliphatic heterocycles. The van der Waals surface area contributed by atoms with Gasteiger partial charge in [-0.3, -0.25) is 4.79 Å². The Morgan fingerprint density at radius 2 is 2.11 bits per heavy atom. The van der Waals surface area contributed by atoms with E-state index in [2.05, 4.69) is 21.2 Å². The van der Waals surface area contributed by atoms with Gasteiger partial charge in [-0.2, -0.15) is 4.31 Å². The second-order valence-electron chi connectivity index (χ2n) is 3.62. The van der Waals surface area contributed by atoms with E-state index in [1.807, 2.05) is 0 Å². The summed E-state index contributed by atoms with van der Waals surface area (Å²) in [6, 6.07) is 4.48. The lowest BCUT2D eigenvalue weighted by atomic mass is 10.3. The molecule has 8 heteroatoms. The van der Waals surface area contributed by atoms with Crippen molar-refractivity contribution in [3.8, 4) is 0 Å². The first-order chi connectivity index (χ1) is 8.28. The van der Waals surface area contributed by atoms with Crippen molar-refractivity contribution in [3.05, 3.63) is 22.7 Å². The monoisotopic (exact) mass is 335 g/mol. The maximum atomic E-state index is 12.2. The minimum atomic E-state index is -3.76. The van der Waals surface area contributed by atoms with Crippen molar-refractivity contribution in [3.63, 3.8) is 0 Å². The van der Waals surface area contributed by atoms with Crippen LogP contribution in [0.15, 0.2) is 27.6 Å². The standard InChI is InChI=1S/C10H14BrN3O3S/c1-13-10(15)6-14(2)18(16,17)9-4-3-7(11)5-8(9)12/h3-5H,6,12H2,1-2H3,(H,13,15). The van der Waals surface area contributed by atoms with Crippen LogP contribution in [0.3, 0.4) is 0 Å². The number of sulfonamides is 1. The number of benzene rings is 1. The number of carbonyl (C=O) groups is 1. The van der Waals surface area contributed by atoms with Crippen LogP contribution in [0.25, 0.3) is 0 Å². The highest BCUT2D eigenvalue weighted by molar-refractivity contribution is 9.10. The number of nitrogens with zero attached hydrogens (tertiary/aromatic N) is 1. The number of anilines is 1. The Morgan fingerprint density at radius 3 is 2.61 bits per heavy atom. The number of nitrogens with one attached hydrogen (secondary N) is 1. The highest BCUT2D eigenvalue weighted by Gasteiger charge is 2.24. The second-order valence-corrected chi connectivity index (χ2v) is 6.55. The van der Waals surface area contributed by atoms with E-state index in [-0.39, 0.29) is 17.1 Å². The molecule has 0 radical (unpaired) electrons. The molecular formula is C10H14BrN3O3S. The molecule has 0 saturated heterocycles. The molecule has 0 atom stereocenters. The molecule has 1 aromatic carbocycles. The van der Waals surface area contributed by atoms with Crippen molar-refractivity contribution in [2.24, 2.45) is 0 Å². The quantitative estimate of drug-likeness (QED) is 0.779. The van der Waals surface area contributed by atoms with Crippen molar-refractivity contribution in [2.75, 3.05) is 26.4 Å². The first-order valence-electron chi connectivity index (χ1n) is 5.01. The molecule has 0 bridgehead atoms. The third-order valence-corrected chi connectivity index (χ3v) is 4.68. The number of hydrogen-bond acceptors (Lipinski definition) is 4. The van der Waals surface area contributed by atoms with E-state index >= 15 is 0 Å². The fourth-order valence-corrected chi connectivity index (χ4v) is 2.89. The van der Waals surface area contributed by atoms with Gasteiger partial charge in [0.05, 0.1) is 12.2 Å². The summed E-state index contributed by atoms with van der Waals surface area (Å²) in [5.74, 6) is -0.392. The lowest BCUT2D eigenvalue weighted by Gasteiger charge is -2.17. The van der Waals surface area contributed by atoms with E-state index in [1.54, 1.807) is 6.07 Å². The molecule has 0 spiro atoms. The van der Waals surface area contributed by atoms with Crippen LogP contribution < -0.4 is 11.1 Å². The summed E-state index contributed by atoms with van der Waals surface area (Å²) in [5, 5.41) is 2.36. The maximum Gasteiger partial charge on any atom is 0.245 e. The summed E-state index contributed by atoms with van der Waals surface area (Å²) in [6.45, 7) is -0.256. The smallest absolute Gasteiger partial charge is 0.245 e. The van der Waals surface area contributed by atoms with E-state index in [0.29, 0.717) is 4.47 Å². The summed E-state index contributed by atoms with van der Waals surface area (Å²) >= 11 is 3.20. The summed E-state index contributed by atoms with van der Waals surface area (Å²) in [7, 11) is -0.998. The minimum absolute atomic E-state index is 0.0166.